The minimum absolute atomic E-state index is 0.472. The predicted octanol–water partition coefficient (Wildman–Crippen LogP) is 0.761. The molecule has 0 aliphatic rings. The van der Waals surface area contributed by atoms with Gasteiger partial charge in [-0.25, -0.2) is 0 Å². The van der Waals surface area contributed by atoms with E-state index in [1.807, 2.05) is 0 Å². The fourth-order valence-electron chi connectivity index (χ4n) is 0.0680. The molecule has 0 unspecified atom stereocenters. The van der Waals surface area contributed by atoms with Crippen LogP contribution in [0.1, 0.15) is 6.42 Å². The highest BCUT2D eigenvalue weighted by atomic mass is 16.1. The molecule has 1 nitrogen and oxygen atoms in total. The molecule has 0 rings (SSSR count). The molecule has 0 amide bonds. The Morgan fingerprint density at radius 1 is 1.80 bits per heavy atom. The summed E-state index contributed by atoms with van der Waals surface area (Å²) in [5.41, 5.74) is 0. The van der Waals surface area contributed by atoms with E-state index >= 15 is 0 Å². The molecule has 0 aromatic heterocycles. The molecule has 0 aliphatic carbocycles. The maximum atomic E-state index is 9.33. The molecule has 0 fully saturated rings. The van der Waals surface area contributed by atoms with Gasteiger partial charge in [0, 0.05) is 6.42 Å². The second kappa shape index (κ2) is 3.41. The van der Waals surface area contributed by atoms with Gasteiger partial charge in [-0.2, -0.15) is 0 Å². The molecule has 0 saturated carbocycles. The molecular formula is C4H6O. The molecule has 5 heavy (non-hydrogen) atoms. The maximum Gasteiger partial charge on any atom is 0.123 e. The molecule has 0 bridgehead atoms. The zero-order valence-electron chi connectivity index (χ0n) is 2.98. The molecule has 0 aromatic rings. The lowest BCUT2D eigenvalue weighted by Gasteiger charge is -1.59. The minimum atomic E-state index is 0.472. The van der Waals surface area contributed by atoms with E-state index < -0.39 is 0 Å². The number of carbonyl (C=O) groups excluding carboxylic acids is 1. The first-order chi connectivity index (χ1) is 2.41. The SMILES string of the molecule is C=C[14CH2]C=O. The van der Waals surface area contributed by atoms with Gasteiger partial charge in [0.1, 0.15) is 6.29 Å². The lowest BCUT2D eigenvalue weighted by atomic mass is 11.0. The van der Waals surface area contributed by atoms with E-state index in [0.717, 1.165) is 6.29 Å². The molecule has 0 aromatic carbocycles. The lowest BCUT2D eigenvalue weighted by molar-refractivity contribution is -0.107. The van der Waals surface area contributed by atoms with Crippen LogP contribution in [0, 0.1) is 0 Å². The lowest BCUT2D eigenvalue weighted by Crippen LogP contribution is -1.59. The molecule has 0 aliphatic heterocycles. The molecule has 28 valence electrons. The van der Waals surface area contributed by atoms with E-state index in [2.05, 4.69) is 6.58 Å². The number of aldehydes is 1. The summed E-state index contributed by atoms with van der Waals surface area (Å²) >= 11 is 0. The van der Waals surface area contributed by atoms with E-state index in [9.17, 15) is 4.79 Å². The molecule has 0 atom stereocenters. The Balaban J connectivity index is 2.65. The molecule has 0 spiro atoms. The quantitative estimate of drug-likeness (QED) is 0.347. The van der Waals surface area contributed by atoms with Crippen molar-refractivity contribution in [3.05, 3.63) is 12.7 Å². The van der Waals surface area contributed by atoms with Gasteiger partial charge in [-0.1, -0.05) is 6.08 Å². The van der Waals surface area contributed by atoms with E-state index in [1.54, 1.807) is 6.08 Å². The highest BCUT2D eigenvalue weighted by Gasteiger charge is 1.59. The summed E-state index contributed by atoms with van der Waals surface area (Å²) in [5, 5.41) is 0. The minimum Gasteiger partial charge on any atom is -0.303 e. The average molecular weight is 72.1 g/mol. The van der Waals surface area contributed by atoms with Gasteiger partial charge in [0.2, 0.25) is 0 Å². The van der Waals surface area contributed by atoms with Crippen molar-refractivity contribution in [2.24, 2.45) is 0 Å². The predicted molar refractivity (Wildman–Crippen MR) is 20.9 cm³/mol. The third-order valence-electron chi connectivity index (χ3n) is 0.263. The Morgan fingerprint density at radius 3 is 2.40 bits per heavy atom. The van der Waals surface area contributed by atoms with Crippen LogP contribution < -0.4 is 0 Å². The molecule has 0 saturated heterocycles. The van der Waals surface area contributed by atoms with Crippen molar-refractivity contribution >= 4 is 6.29 Å². The Bertz CT molecular complexity index is 32.9. The van der Waals surface area contributed by atoms with Crippen molar-refractivity contribution in [3.8, 4) is 0 Å². The average Bonchev–Trinajstić information content (AvgIpc) is 1.41. The second-order valence-corrected chi connectivity index (χ2v) is 0.691. The van der Waals surface area contributed by atoms with Gasteiger partial charge in [-0.05, 0) is 0 Å². The fourth-order valence-corrected chi connectivity index (χ4v) is 0.0680. The van der Waals surface area contributed by atoms with Gasteiger partial charge in [0.05, 0.1) is 0 Å². The molecule has 1 heteroatoms. The highest BCUT2D eigenvalue weighted by molar-refractivity contribution is 5.51. The zero-order chi connectivity index (χ0) is 4.12. The Morgan fingerprint density at radius 2 is 2.40 bits per heavy atom. The fraction of sp³-hybridized carbons (Fsp3) is 0.250. The van der Waals surface area contributed by atoms with Crippen LogP contribution in [-0.4, -0.2) is 6.29 Å². The highest BCUT2D eigenvalue weighted by Crippen LogP contribution is 1.64. The summed E-state index contributed by atoms with van der Waals surface area (Å²) in [6.07, 6.45) is 2.85. The van der Waals surface area contributed by atoms with Crippen LogP contribution in [0.3, 0.4) is 0 Å². The van der Waals surface area contributed by atoms with Crippen molar-refractivity contribution in [2.75, 3.05) is 0 Å². The first kappa shape index (κ1) is 4.41. The summed E-state index contributed by atoms with van der Waals surface area (Å²) in [6, 6.07) is 0. The molecule has 0 N–H and O–H groups in total. The summed E-state index contributed by atoms with van der Waals surface area (Å²) < 4.78 is 0. The van der Waals surface area contributed by atoms with Crippen LogP contribution in [0.2, 0.25) is 0 Å². The largest absolute Gasteiger partial charge is 0.303 e. The van der Waals surface area contributed by atoms with Crippen molar-refractivity contribution in [1.82, 2.24) is 0 Å². The third-order valence-corrected chi connectivity index (χ3v) is 0.263. The van der Waals surface area contributed by atoms with Crippen LogP contribution in [-0.2, 0) is 4.79 Å². The first-order valence-corrected chi connectivity index (χ1v) is 1.46. The maximum absolute atomic E-state index is 9.33. The third kappa shape index (κ3) is 3.41. The van der Waals surface area contributed by atoms with Gasteiger partial charge < -0.3 is 4.79 Å². The van der Waals surface area contributed by atoms with Gasteiger partial charge in [0.25, 0.3) is 0 Å². The van der Waals surface area contributed by atoms with E-state index in [-0.39, 0.29) is 0 Å². The van der Waals surface area contributed by atoms with Crippen LogP contribution in [0.25, 0.3) is 0 Å². The Kier molecular flexibility index (Phi) is 3.01. The van der Waals surface area contributed by atoms with Crippen molar-refractivity contribution in [2.45, 2.75) is 6.42 Å². The van der Waals surface area contributed by atoms with E-state index in [1.165, 1.54) is 0 Å². The molecule has 0 heterocycles. The number of rotatable bonds is 2. The smallest absolute Gasteiger partial charge is 0.123 e. The van der Waals surface area contributed by atoms with Crippen molar-refractivity contribution < 1.29 is 4.79 Å². The van der Waals surface area contributed by atoms with Crippen LogP contribution in [0.4, 0.5) is 0 Å². The number of allylic oxidation sites excluding steroid dienone is 1. The summed E-state index contributed by atoms with van der Waals surface area (Å²) in [5.74, 6) is 0. The summed E-state index contributed by atoms with van der Waals surface area (Å²) in [4.78, 5) is 9.33. The van der Waals surface area contributed by atoms with Gasteiger partial charge in [-0.3, -0.25) is 0 Å². The van der Waals surface area contributed by atoms with E-state index in [4.69, 9.17) is 0 Å². The van der Waals surface area contributed by atoms with Crippen LogP contribution >= 0.6 is 0 Å². The molecule has 0 radical (unpaired) electrons. The van der Waals surface area contributed by atoms with Crippen LogP contribution in [0.15, 0.2) is 12.7 Å². The zero-order valence-corrected chi connectivity index (χ0v) is 2.98. The standard InChI is InChI=1S/C4H6O/c1-2-3-4-5/h2,4H,1,3H2/i3+2. The monoisotopic (exact) mass is 72.0 g/mol. The molecular weight excluding hydrogens is 66.0 g/mol. The Hall–Kier alpha value is -0.590. The summed E-state index contributed by atoms with van der Waals surface area (Å²) in [6.45, 7) is 3.32. The first-order valence-electron chi connectivity index (χ1n) is 1.46. The Labute approximate surface area is 31.3 Å². The summed E-state index contributed by atoms with van der Waals surface area (Å²) in [7, 11) is 0. The number of hydrogen-bond acceptors (Lipinski definition) is 1. The normalized spacial score (nSPS) is 6.40. The topological polar surface area (TPSA) is 17.1 Å². The second-order valence-electron chi connectivity index (χ2n) is 0.691. The van der Waals surface area contributed by atoms with Gasteiger partial charge >= 0.3 is 0 Å². The van der Waals surface area contributed by atoms with Gasteiger partial charge in [-0.15, -0.1) is 6.58 Å². The van der Waals surface area contributed by atoms with Crippen molar-refractivity contribution in [3.63, 3.8) is 0 Å². The van der Waals surface area contributed by atoms with Gasteiger partial charge in [0.15, 0.2) is 0 Å². The van der Waals surface area contributed by atoms with Crippen molar-refractivity contribution in [1.29, 1.82) is 0 Å². The van der Waals surface area contributed by atoms with Crippen LogP contribution in [0.5, 0.6) is 0 Å². The number of carbonyl (C=O) groups is 1. The number of hydrogen-bond donors (Lipinski definition) is 0. The van der Waals surface area contributed by atoms with E-state index in [0.29, 0.717) is 6.42 Å².